The van der Waals surface area contributed by atoms with Gasteiger partial charge in [0.15, 0.2) is 5.78 Å². The van der Waals surface area contributed by atoms with Crippen LogP contribution in [0.15, 0.2) is 35.1 Å². The lowest BCUT2D eigenvalue weighted by molar-refractivity contribution is 0.0993. The van der Waals surface area contributed by atoms with E-state index >= 15 is 0 Å². The number of aromatic nitrogens is 2. The monoisotopic (exact) mass is 296 g/mol. The minimum absolute atomic E-state index is 0.0568. The van der Waals surface area contributed by atoms with Crippen LogP contribution in [-0.4, -0.2) is 15.6 Å². The van der Waals surface area contributed by atoms with Crippen molar-refractivity contribution in [3.63, 3.8) is 0 Å². The number of nitrogens with zero attached hydrogens (tertiary/aromatic N) is 2. The van der Waals surface area contributed by atoms with Crippen LogP contribution in [-0.2, 0) is 13.5 Å². The Morgan fingerprint density at radius 1 is 1.53 bits per heavy atom. The molecular weight excluding hydrogens is 287 g/mol. The lowest BCUT2D eigenvalue weighted by atomic mass is 10.1. The first-order chi connectivity index (χ1) is 8.06. The third kappa shape index (κ3) is 2.79. The number of carbonyl (C=O) groups is 1. The molecule has 1 aromatic heterocycles. The van der Waals surface area contributed by atoms with Crippen LogP contribution in [0.4, 0.5) is 4.39 Å². The van der Waals surface area contributed by atoms with Gasteiger partial charge in [-0.05, 0) is 39.7 Å². The van der Waals surface area contributed by atoms with Crippen molar-refractivity contribution in [1.82, 2.24) is 9.78 Å². The first-order valence-electron chi connectivity index (χ1n) is 5.02. The van der Waals surface area contributed by atoms with E-state index in [1.807, 2.05) is 0 Å². The number of benzene rings is 1. The largest absolute Gasteiger partial charge is 0.294 e. The van der Waals surface area contributed by atoms with Crippen molar-refractivity contribution >= 4 is 21.7 Å². The molecular formula is C12H10BrFN2O. The number of carbonyl (C=O) groups excluding carboxylic acids is 1. The molecule has 0 radical (unpaired) electrons. The van der Waals surface area contributed by atoms with Gasteiger partial charge in [0, 0.05) is 25.2 Å². The highest BCUT2D eigenvalue weighted by molar-refractivity contribution is 9.10. The van der Waals surface area contributed by atoms with Crippen molar-refractivity contribution < 1.29 is 9.18 Å². The Morgan fingerprint density at radius 2 is 2.29 bits per heavy atom. The summed E-state index contributed by atoms with van der Waals surface area (Å²) in [5, 5.41) is 3.99. The fraction of sp³-hybridized carbons (Fsp3) is 0.167. The van der Waals surface area contributed by atoms with Gasteiger partial charge in [-0.2, -0.15) is 5.10 Å². The van der Waals surface area contributed by atoms with Gasteiger partial charge in [-0.25, -0.2) is 4.39 Å². The third-order valence-electron chi connectivity index (χ3n) is 2.36. The predicted octanol–water partition coefficient (Wildman–Crippen LogP) is 2.75. The van der Waals surface area contributed by atoms with Gasteiger partial charge in [0.25, 0.3) is 0 Å². The molecule has 3 nitrogen and oxygen atoms in total. The zero-order chi connectivity index (χ0) is 12.4. The van der Waals surface area contributed by atoms with Crippen LogP contribution in [0.25, 0.3) is 0 Å². The Kier molecular flexibility index (Phi) is 3.38. The van der Waals surface area contributed by atoms with Crippen molar-refractivity contribution in [3.8, 4) is 0 Å². The molecule has 0 aliphatic rings. The molecule has 0 aliphatic carbocycles. The summed E-state index contributed by atoms with van der Waals surface area (Å²) in [6.07, 6.45) is 3.71. The van der Waals surface area contributed by atoms with Crippen LogP contribution in [0, 0.1) is 5.82 Å². The van der Waals surface area contributed by atoms with E-state index in [9.17, 15) is 9.18 Å². The Bertz CT molecular complexity index is 565. The number of halogens is 2. The van der Waals surface area contributed by atoms with Crippen LogP contribution in [0.1, 0.15) is 15.9 Å². The third-order valence-corrected chi connectivity index (χ3v) is 2.97. The Hall–Kier alpha value is -1.49. The van der Waals surface area contributed by atoms with E-state index in [0.717, 1.165) is 5.56 Å². The van der Waals surface area contributed by atoms with Gasteiger partial charge in [-0.3, -0.25) is 9.48 Å². The van der Waals surface area contributed by atoms with E-state index in [2.05, 4.69) is 21.0 Å². The molecule has 88 valence electrons. The molecule has 0 bridgehead atoms. The Morgan fingerprint density at radius 3 is 2.88 bits per heavy atom. The van der Waals surface area contributed by atoms with Gasteiger partial charge in [-0.1, -0.05) is 0 Å². The molecule has 0 fully saturated rings. The van der Waals surface area contributed by atoms with Crippen molar-refractivity contribution in [2.24, 2.45) is 7.05 Å². The van der Waals surface area contributed by atoms with E-state index in [4.69, 9.17) is 0 Å². The van der Waals surface area contributed by atoms with Crippen LogP contribution in [0.3, 0.4) is 0 Å². The SMILES string of the molecule is Cn1cc(CC(=O)c2ccc(F)c(Br)c2)cn1. The standard InChI is InChI=1S/C12H10BrFN2O/c1-16-7-8(6-15-16)4-12(17)9-2-3-11(14)10(13)5-9/h2-3,5-7H,4H2,1H3. The number of aryl methyl sites for hydroxylation is 1. The first kappa shape index (κ1) is 12.0. The maximum Gasteiger partial charge on any atom is 0.167 e. The maximum atomic E-state index is 13.0. The Balaban J connectivity index is 2.17. The zero-order valence-corrected chi connectivity index (χ0v) is 10.7. The molecule has 0 unspecified atom stereocenters. The summed E-state index contributed by atoms with van der Waals surface area (Å²) in [6.45, 7) is 0. The number of ketones is 1. The summed E-state index contributed by atoms with van der Waals surface area (Å²) in [6, 6.07) is 4.26. The Labute approximate surface area is 106 Å². The van der Waals surface area contributed by atoms with E-state index in [1.165, 1.54) is 18.2 Å². The molecule has 17 heavy (non-hydrogen) atoms. The van der Waals surface area contributed by atoms with Gasteiger partial charge in [0.05, 0.1) is 10.7 Å². The zero-order valence-electron chi connectivity index (χ0n) is 9.15. The maximum absolute atomic E-state index is 13.0. The van der Waals surface area contributed by atoms with E-state index in [1.54, 1.807) is 24.1 Å². The summed E-state index contributed by atoms with van der Waals surface area (Å²) in [5.41, 5.74) is 1.33. The van der Waals surface area contributed by atoms with Crippen LogP contribution < -0.4 is 0 Å². The summed E-state index contributed by atoms with van der Waals surface area (Å²) in [5.74, 6) is -0.429. The van der Waals surface area contributed by atoms with E-state index in [-0.39, 0.29) is 18.0 Å². The van der Waals surface area contributed by atoms with Gasteiger partial charge in [-0.15, -0.1) is 0 Å². The second-order valence-electron chi connectivity index (χ2n) is 3.75. The summed E-state index contributed by atoms with van der Waals surface area (Å²) >= 11 is 3.06. The van der Waals surface area contributed by atoms with Gasteiger partial charge < -0.3 is 0 Å². The molecule has 1 aromatic carbocycles. The quantitative estimate of drug-likeness (QED) is 0.817. The normalized spacial score (nSPS) is 10.5. The minimum Gasteiger partial charge on any atom is -0.294 e. The van der Waals surface area contributed by atoms with Crippen LogP contribution in [0.2, 0.25) is 0 Å². The van der Waals surface area contributed by atoms with Crippen molar-refractivity contribution in [2.75, 3.05) is 0 Å². The molecule has 5 heteroatoms. The number of Topliss-reactive ketones (excluding diaryl/α,β-unsaturated/α-hetero) is 1. The molecule has 2 aromatic rings. The average Bonchev–Trinajstić information content (AvgIpc) is 2.68. The fourth-order valence-corrected chi connectivity index (χ4v) is 1.90. The topological polar surface area (TPSA) is 34.9 Å². The molecule has 0 amide bonds. The lowest BCUT2D eigenvalue weighted by Gasteiger charge is -2.01. The molecule has 0 aliphatic heterocycles. The summed E-state index contributed by atoms with van der Waals surface area (Å²) in [4.78, 5) is 11.9. The minimum atomic E-state index is -0.372. The van der Waals surface area contributed by atoms with Crippen molar-refractivity contribution in [3.05, 3.63) is 52.0 Å². The summed E-state index contributed by atoms with van der Waals surface area (Å²) < 4.78 is 15.0. The number of hydrogen-bond donors (Lipinski definition) is 0. The molecule has 0 spiro atoms. The highest BCUT2D eigenvalue weighted by atomic mass is 79.9. The molecule has 0 N–H and O–H groups in total. The highest BCUT2D eigenvalue weighted by Crippen LogP contribution is 2.18. The fourth-order valence-electron chi connectivity index (χ4n) is 1.52. The smallest absolute Gasteiger partial charge is 0.167 e. The number of hydrogen-bond acceptors (Lipinski definition) is 2. The molecule has 0 atom stereocenters. The molecule has 1 heterocycles. The average molecular weight is 297 g/mol. The second kappa shape index (κ2) is 4.79. The predicted molar refractivity (Wildman–Crippen MR) is 65.3 cm³/mol. The van der Waals surface area contributed by atoms with Crippen molar-refractivity contribution in [1.29, 1.82) is 0 Å². The highest BCUT2D eigenvalue weighted by Gasteiger charge is 2.10. The van der Waals surface area contributed by atoms with Crippen LogP contribution in [0.5, 0.6) is 0 Å². The molecule has 2 rings (SSSR count). The van der Waals surface area contributed by atoms with Gasteiger partial charge >= 0.3 is 0 Å². The molecule has 0 saturated carbocycles. The number of rotatable bonds is 3. The van der Waals surface area contributed by atoms with E-state index < -0.39 is 0 Å². The van der Waals surface area contributed by atoms with Gasteiger partial charge in [0.1, 0.15) is 5.82 Å². The first-order valence-corrected chi connectivity index (χ1v) is 5.81. The van der Waals surface area contributed by atoms with E-state index in [0.29, 0.717) is 10.0 Å². The van der Waals surface area contributed by atoms with Crippen LogP contribution >= 0.6 is 15.9 Å². The van der Waals surface area contributed by atoms with Crippen molar-refractivity contribution in [2.45, 2.75) is 6.42 Å². The lowest BCUT2D eigenvalue weighted by Crippen LogP contribution is -2.03. The van der Waals surface area contributed by atoms with Gasteiger partial charge in [0.2, 0.25) is 0 Å². The second-order valence-corrected chi connectivity index (χ2v) is 4.61. The summed E-state index contributed by atoms with van der Waals surface area (Å²) in [7, 11) is 1.79. The molecule has 0 saturated heterocycles.